The number of hydrogen-bond acceptors (Lipinski definition) is 5. The van der Waals surface area contributed by atoms with Crippen molar-refractivity contribution < 1.29 is 13.2 Å². The van der Waals surface area contributed by atoms with Crippen LogP contribution in [0.4, 0.5) is 0 Å². The van der Waals surface area contributed by atoms with Gasteiger partial charge in [-0.1, -0.05) is 12.1 Å². The van der Waals surface area contributed by atoms with Crippen molar-refractivity contribution >= 4 is 15.9 Å². The standard InChI is InChI=1S/C17H20N4O3S/c22-17(21-15-7-9-18-11-15)13-4-3-6-16(10-13)25(23,24)20-12-14-5-1-2-8-19-14/h1-6,8,10,15,18,20H,7,9,11-12H2,(H,21,22)/t15-/m1/s1. The zero-order chi connectivity index (χ0) is 17.7. The summed E-state index contributed by atoms with van der Waals surface area (Å²) in [7, 11) is -3.72. The molecule has 2 aromatic rings. The number of benzene rings is 1. The van der Waals surface area contributed by atoms with E-state index >= 15 is 0 Å². The van der Waals surface area contributed by atoms with Gasteiger partial charge in [-0.05, 0) is 43.3 Å². The molecule has 0 spiro atoms. The molecule has 2 heterocycles. The molecule has 1 fully saturated rings. The summed E-state index contributed by atoms with van der Waals surface area (Å²) in [6.07, 6.45) is 2.47. The maximum atomic E-state index is 12.4. The third-order valence-electron chi connectivity index (χ3n) is 3.97. The van der Waals surface area contributed by atoms with Crippen molar-refractivity contribution in [2.24, 2.45) is 0 Å². The number of hydrogen-bond donors (Lipinski definition) is 3. The Morgan fingerprint density at radius 3 is 2.84 bits per heavy atom. The summed E-state index contributed by atoms with van der Waals surface area (Å²) in [4.78, 5) is 16.4. The Kier molecular flexibility index (Phi) is 5.42. The van der Waals surface area contributed by atoms with Crippen molar-refractivity contribution in [2.45, 2.75) is 23.9 Å². The van der Waals surface area contributed by atoms with E-state index in [0.717, 1.165) is 19.5 Å². The lowest BCUT2D eigenvalue weighted by Crippen LogP contribution is -2.36. The average molecular weight is 360 g/mol. The molecule has 0 radical (unpaired) electrons. The molecule has 25 heavy (non-hydrogen) atoms. The minimum atomic E-state index is -3.72. The summed E-state index contributed by atoms with van der Waals surface area (Å²) < 4.78 is 27.4. The normalized spacial score (nSPS) is 17.4. The smallest absolute Gasteiger partial charge is 0.251 e. The molecule has 3 rings (SSSR count). The summed E-state index contributed by atoms with van der Waals surface area (Å²) >= 11 is 0. The molecule has 1 atom stereocenters. The van der Waals surface area contributed by atoms with Crippen LogP contribution < -0.4 is 15.4 Å². The van der Waals surface area contributed by atoms with E-state index in [2.05, 4.69) is 20.3 Å². The Hall–Kier alpha value is -2.29. The van der Waals surface area contributed by atoms with Crippen molar-refractivity contribution in [3.05, 3.63) is 59.9 Å². The second-order valence-electron chi connectivity index (χ2n) is 5.84. The van der Waals surface area contributed by atoms with E-state index < -0.39 is 10.0 Å². The fraction of sp³-hybridized carbons (Fsp3) is 0.294. The van der Waals surface area contributed by atoms with Crippen LogP contribution in [0.1, 0.15) is 22.5 Å². The van der Waals surface area contributed by atoms with Crippen molar-refractivity contribution in [1.82, 2.24) is 20.3 Å². The molecule has 1 aromatic heterocycles. The number of nitrogens with zero attached hydrogens (tertiary/aromatic N) is 1. The average Bonchev–Trinajstić information content (AvgIpc) is 3.14. The molecule has 0 saturated carbocycles. The lowest BCUT2D eigenvalue weighted by Gasteiger charge is -2.12. The molecule has 8 heteroatoms. The highest BCUT2D eigenvalue weighted by Gasteiger charge is 2.20. The predicted molar refractivity (Wildman–Crippen MR) is 93.4 cm³/mol. The Morgan fingerprint density at radius 1 is 1.24 bits per heavy atom. The molecule has 1 amide bonds. The van der Waals surface area contributed by atoms with E-state index in [0.29, 0.717) is 11.3 Å². The summed E-state index contributed by atoms with van der Waals surface area (Å²) in [6.45, 7) is 1.69. The molecule has 132 valence electrons. The quantitative estimate of drug-likeness (QED) is 0.702. The monoisotopic (exact) mass is 360 g/mol. The lowest BCUT2D eigenvalue weighted by atomic mass is 10.2. The fourth-order valence-electron chi connectivity index (χ4n) is 2.61. The first-order valence-corrected chi connectivity index (χ1v) is 9.54. The van der Waals surface area contributed by atoms with E-state index in [4.69, 9.17) is 0 Å². The van der Waals surface area contributed by atoms with Gasteiger partial charge >= 0.3 is 0 Å². The number of amides is 1. The SMILES string of the molecule is O=C(N[C@@H]1CCNC1)c1cccc(S(=O)(=O)NCc2ccccn2)c1. The maximum Gasteiger partial charge on any atom is 0.251 e. The second-order valence-corrected chi connectivity index (χ2v) is 7.60. The largest absolute Gasteiger partial charge is 0.348 e. The van der Waals surface area contributed by atoms with Crippen molar-refractivity contribution in [3.63, 3.8) is 0 Å². The molecule has 1 aliphatic heterocycles. The lowest BCUT2D eigenvalue weighted by molar-refractivity contribution is 0.0940. The van der Waals surface area contributed by atoms with Crippen LogP contribution >= 0.6 is 0 Å². The van der Waals surface area contributed by atoms with Gasteiger partial charge in [-0.15, -0.1) is 0 Å². The van der Waals surface area contributed by atoms with Gasteiger partial charge in [-0.25, -0.2) is 13.1 Å². The first-order chi connectivity index (χ1) is 12.0. The summed E-state index contributed by atoms with van der Waals surface area (Å²) in [5, 5.41) is 6.08. The number of aromatic nitrogens is 1. The highest BCUT2D eigenvalue weighted by Crippen LogP contribution is 2.13. The minimum absolute atomic E-state index is 0.0561. The van der Waals surface area contributed by atoms with Gasteiger partial charge < -0.3 is 10.6 Å². The summed E-state index contributed by atoms with van der Waals surface area (Å²) in [6, 6.07) is 11.4. The van der Waals surface area contributed by atoms with Crippen LogP contribution in [0, 0.1) is 0 Å². The van der Waals surface area contributed by atoms with E-state index in [9.17, 15) is 13.2 Å². The van der Waals surface area contributed by atoms with Crippen molar-refractivity contribution in [1.29, 1.82) is 0 Å². The number of rotatable bonds is 6. The molecule has 1 saturated heterocycles. The van der Waals surface area contributed by atoms with Crippen LogP contribution in [-0.4, -0.2) is 38.4 Å². The van der Waals surface area contributed by atoms with Crippen LogP contribution in [0.5, 0.6) is 0 Å². The first-order valence-electron chi connectivity index (χ1n) is 8.06. The van der Waals surface area contributed by atoms with Gasteiger partial charge in [0.1, 0.15) is 0 Å². The second kappa shape index (κ2) is 7.73. The molecule has 1 aromatic carbocycles. The molecular formula is C17H20N4O3S. The van der Waals surface area contributed by atoms with Crippen molar-refractivity contribution in [2.75, 3.05) is 13.1 Å². The molecule has 7 nitrogen and oxygen atoms in total. The molecule has 0 aliphatic carbocycles. The van der Waals surface area contributed by atoms with Gasteiger partial charge in [-0.3, -0.25) is 9.78 Å². The summed E-state index contributed by atoms with van der Waals surface area (Å²) in [5.41, 5.74) is 0.946. The van der Waals surface area contributed by atoms with Gasteiger partial charge in [-0.2, -0.15) is 0 Å². The third kappa shape index (κ3) is 4.62. The Labute approximate surface area is 146 Å². The van der Waals surface area contributed by atoms with Crippen molar-refractivity contribution in [3.8, 4) is 0 Å². The van der Waals surface area contributed by atoms with Gasteiger partial charge in [0.25, 0.3) is 5.91 Å². The third-order valence-corrected chi connectivity index (χ3v) is 5.37. The topological polar surface area (TPSA) is 100 Å². The zero-order valence-corrected chi connectivity index (χ0v) is 14.4. The summed E-state index contributed by atoms with van der Waals surface area (Å²) in [5.74, 6) is -0.268. The van der Waals surface area contributed by atoms with E-state index in [1.807, 2.05) is 0 Å². The van der Waals surface area contributed by atoms with Gasteiger partial charge in [0, 0.05) is 24.3 Å². The van der Waals surface area contributed by atoms with Crippen LogP contribution in [-0.2, 0) is 16.6 Å². The number of carbonyl (C=O) groups excluding carboxylic acids is 1. The molecular weight excluding hydrogens is 340 g/mol. The van der Waals surface area contributed by atoms with E-state index in [1.165, 1.54) is 12.1 Å². The number of nitrogens with one attached hydrogen (secondary N) is 3. The zero-order valence-electron chi connectivity index (χ0n) is 13.6. The van der Waals surface area contributed by atoms with Crippen LogP contribution in [0.25, 0.3) is 0 Å². The maximum absolute atomic E-state index is 12.4. The fourth-order valence-corrected chi connectivity index (χ4v) is 3.65. The Morgan fingerprint density at radius 2 is 2.12 bits per heavy atom. The first kappa shape index (κ1) is 17.5. The van der Waals surface area contributed by atoms with Gasteiger partial charge in [0.15, 0.2) is 0 Å². The minimum Gasteiger partial charge on any atom is -0.348 e. The highest BCUT2D eigenvalue weighted by molar-refractivity contribution is 7.89. The molecule has 0 unspecified atom stereocenters. The van der Waals surface area contributed by atoms with Gasteiger partial charge in [0.05, 0.1) is 17.1 Å². The van der Waals surface area contributed by atoms with E-state index in [-0.39, 0.29) is 23.4 Å². The van der Waals surface area contributed by atoms with Crippen LogP contribution in [0.2, 0.25) is 0 Å². The predicted octanol–water partition coefficient (Wildman–Crippen LogP) is 0.652. The Bertz CT molecular complexity index is 834. The Balaban J connectivity index is 1.69. The number of sulfonamides is 1. The molecule has 0 bridgehead atoms. The molecule has 3 N–H and O–H groups in total. The van der Waals surface area contributed by atoms with E-state index in [1.54, 1.807) is 36.5 Å². The number of carbonyl (C=O) groups is 1. The number of pyridine rings is 1. The highest BCUT2D eigenvalue weighted by atomic mass is 32.2. The van der Waals surface area contributed by atoms with Crippen LogP contribution in [0.3, 0.4) is 0 Å². The molecule has 1 aliphatic rings. The van der Waals surface area contributed by atoms with Gasteiger partial charge in [0.2, 0.25) is 10.0 Å². The van der Waals surface area contributed by atoms with Crippen LogP contribution in [0.15, 0.2) is 53.6 Å².